The minimum Gasteiger partial charge on any atom is -0.309 e. The molecule has 0 radical (unpaired) electrons. The molecule has 0 saturated carbocycles. The van der Waals surface area contributed by atoms with Gasteiger partial charge in [0, 0.05) is 53.1 Å². The minimum atomic E-state index is -2.67. The fourth-order valence-electron chi connectivity index (χ4n) is 10.8. The van der Waals surface area contributed by atoms with Crippen LogP contribution in [-0.2, 0) is 0 Å². The summed E-state index contributed by atoms with van der Waals surface area (Å²) in [7, 11) is -2.67. The molecule has 3 aromatic heterocycles. The minimum absolute atomic E-state index is 1.15. The average Bonchev–Trinajstić information content (AvgIpc) is 4.03. The largest absolute Gasteiger partial charge is 0.309 e. The zero-order valence-electron chi connectivity index (χ0n) is 34.9. The van der Waals surface area contributed by atoms with Gasteiger partial charge in [0.2, 0.25) is 0 Å². The number of benzene rings is 10. The van der Waals surface area contributed by atoms with E-state index in [-0.39, 0.29) is 0 Å². The highest BCUT2D eigenvalue weighted by Gasteiger charge is 2.41. The van der Waals surface area contributed by atoms with Gasteiger partial charge < -0.3 is 9.13 Å². The van der Waals surface area contributed by atoms with Crippen molar-refractivity contribution in [3.8, 4) is 22.5 Å². The second kappa shape index (κ2) is 14.7. The molecule has 4 heteroatoms. The molecule has 0 fully saturated rings. The highest BCUT2D eigenvalue weighted by molar-refractivity contribution is 7.26. The van der Waals surface area contributed by atoms with E-state index in [0.717, 1.165) is 11.4 Å². The molecule has 64 heavy (non-hydrogen) atoms. The molecule has 300 valence electrons. The van der Waals surface area contributed by atoms with E-state index >= 15 is 0 Å². The number of nitrogens with zero attached hydrogens (tertiary/aromatic N) is 2. The molecule has 0 spiro atoms. The summed E-state index contributed by atoms with van der Waals surface area (Å²) >= 11 is 1.88. The summed E-state index contributed by atoms with van der Waals surface area (Å²) in [5, 5.41) is 13.2. The molecule has 0 saturated heterocycles. The van der Waals surface area contributed by atoms with Crippen molar-refractivity contribution >= 4 is 104 Å². The number of thiophene rings is 1. The van der Waals surface area contributed by atoms with E-state index in [1.54, 1.807) is 0 Å². The van der Waals surface area contributed by atoms with E-state index in [2.05, 4.69) is 252 Å². The van der Waals surface area contributed by atoms with Gasteiger partial charge in [0.1, 0.15) is 0 Å². The summed E-state index contributed by atoms with van der Waals surface area (Å²) in [5.74, 6) is 0. The maximum atomic E-state index is 2.47. The van der Waals surface area contributed by atoms with Gasteiger partial charge in [0.15, 0.2) is 8.07 Å². The molecule has 13 rings (SSSR count). The summed E-state index contributed by atoms with van der Waals surface area (Å²) < 4.78 is 7.59. The highest BCUT2D eigenvalue weighted by atomic mass is 32.1. The van der Waals surface area contributed by atoms with Crippen molar-refractivity contribution in [3.05, 3.63) is 243 Å². The van der Waals surface area contributed by atoms with Gasteiger partial charge in [0.25, 0.3) is 0 Å². The molecule has 0 aliphatic heterocycles. The van der Waals surface area contributed by atoms with Gasteiger partial charge in [-0.15, -0.1) is 11.3 Å². The third-order valence-corrected chi connectivity index (χ3v) is 19.5. The number of aromatic nitrogens is 2. The molecular weight excluding hydrogens is 809 g/mol. The molecule has 0 bridgehead atoms. The zero-order valence-corrected chi connectivity index (χ0v) is 36.7. The molecule has 0 unspecified atom stereocenters. The van der Waals surface area contributed by atoms with Crippen molar-refractivity contribution in [1.82, 2.24) is 9.13 Å². The smallest absolute Gasteiger partial charge is 0.179 e. The molecule has 0 aliphatic carbocycles. The van der Waals surface area contributed by atoms with Gasteiger partial charge >= 0.3 is 0 Å². The lowest BCUT2D eigenvalue weighted by atomic mass is 10.0. The van der Waals surface area contributed by atoms with Crippen LogP contribution in [0.3, 0.4) is 0 Å². The lowest BCUT2D eigenvalue weighted by Crippen LogP contribution is -2.74. The molecular formula is C60H40N2SSi. The number of hydrogen-bond acceptors (Lipinski definition) is 1. The molecule has 10 aromatic carbocycles. The van der Waals surface area contributed by atoms with Crippen LogP contribution < -0.4 is 20.7 Å². The summed E-state index contributed by atoms with van der Waals surface area (Å²) in [6.07, 6.45) is 0. The molecule has 0 aliphatic rings. The SMILES string of the molecule is c1ccc([Si](c2ccccc2)(c2ccccc2)c2ccc(-n3c4ccccc4c4c5c6ccccc6n(-c6ccc(-c7cccc8c7sc7ccccc78)cc6)c5ccc43)cc2)cc1. The lowest BCUT2D eigenvalue weighted by molar-refractivity contribution is 1.17. The second-order valence-electron chi connectivity index (χ2n) is 16.8. The first kappa shape index (κ1) is 36.9. The standard InChI is InChI=1S/C60H40N2SSi/c1-4-17-44(18-5-1)64(45-19-6-2-7-20-45,46-21-8-3-9-22-46)47-37-35-43(36-38-47)62-54-29-14-11-25-52(54)59-56(62)40-39-55-58(59)51-24-10-13-28-53(51)61(55)42-33-31-41(32-34-42)48-26-16-27-50-49-23-12-15-30-57(49)63-60(48)50/h1-40H. The number of para-hydroxylation sites is 2. The summed E-state index contributed by atoms with van der Waals surface area (Å²) in [6, 6.07) is 90.2. The number of hydrogen-bond donors (Lipinski definition) is 0. The van der Waals surface area contributed by atoms with Crippen molar-refractivity contribution in [3.63, 3.8) is 0 Å². The Morgan fingerprint density at radius 2 is 0.719 bits per heavy atom. The topological polar surface area (TPSA) is 9.86 Å². The highest BCUT2D eigenvalue weighted by Crippen LogP contribution is 2.43. The van der Waals surface area contributed by atoms with Gasteiger partial charge in [-0.25, -0.2) is 0 Å². The molecule has 0 amide bonds. The van der Waals surface area contributed by atoms with Crippen LogP contribution in [0.1, 0.15) is 0 Å². The van der Waals surface area contributed by atoms with Crippen LogP contribution in [-0.4, -0.2) is 17.2 Å². The molecule has 0 atom stereocenters. The first-order chi connectivity index (χ1) is 31.8. The molecule has 3 heterocycles. The summed E-state index contributed by atoms with van der Waals surface area (Å²) in [6.45, 7) is 0. The normalized spacial score (nSPS) is 12.1. The third-order valence-electron chi connectivity index (χ3n) is 13.5. The van der Waals surface area contributed by atoms with Crippen LogP contribution in [0.4, 0.5) is 0 Å². The molecule has 2 nitrogen and oxygen atoms in total. The Hall–Kier alpha value is -7.76. The summed E-state index contributed by atoms with van der Waals surface area (Å²) in [4.78, 5) is 0. The quantitative estimate of drug-likeness (QED) is 0.112. The van der Waals surface area contributed by atoms with Crippen molar-refractivity contribution < 1.29 is 0 Å². The second-order valence-corrected chi connectivity index (χ2v) is 21.6. The lowest BCUT2D eigenvalue weighted by Gasteiger charge is -2.34. The molecule has 0 N–H and O–H groups in total. The van der Waals surface area contributed by atoms with Crippen LogP contribution in [0.15, 0.2) is 243 Å². The Morgan fingerprint density at radius 3 is 1.25 bits per heavy atom. The zero-order chi connectivity index (χ0) is 42.2. The first-order valence-electron chi connectivity index (χ1n) is 22.0. The van der Waals surface area contributed by atoms with Gasteiger partial charge in [-0.2, -0.15) is 0 Å². The van der Waals surface area contributed by atoms with E-state index in [0.29, 0.717) is 0 Å². The Balaban J connectivity index is 0.983. The summed E-state index contributed by atoms with van der Waals surface area (Å²) in [5.41, 5.74) is 9.63. The predicted molar refractivity (Wildman–Crippen MR) is 277 cm³/mol. The van der Waals surface area contributed by atoms with Crippen LogP contribution in [0.25, 0.3) is 86.3 Å². The van der Waals surface area contributed by atoms with Gasteiger partial charge in [-0.1, -0.05) is 188 Å². The van der Waals surface area contributed by atoms with Crippen LogP contribution in [0.5, 0.6) is 0 Å². The van der Waals surface area contributed by atoms with Gasteiger partial charge in [-0.05, 0) is 86.5 Å². The van der Waals surface area contributed by atoms with Crippen molar-refractivity contribution in [2.75, 3.05) is 0 Å². The fourth-order valence-corrected chi connectivity index (χ4v) is 16.7. The van der Waals surface area contributed by atoms with Crippen molar-refractivity contribution in [2.24, 2.45) is 0 Å². The van der Waals surface area contributed by atoms with E-state index in [1.807, 2.05) is 11.3 Å². The van der Waals surface area contributed by atoms with E-state index in [9.17, 15) is 0 Å². The van der Waals surface area contributed by atoms with Crippen LogP contribution in [0.2, 0.25) is 0 Å². The first-order valence-corrected chi connectivity index (χ1v) is 24.8. The van der Waals surface area contributed by atoms with Crippen LogP contribution in [0, 0.1) is 0 Å². The predicted octanol–water partition coefficient (Wildman–Crippen LogP) is 13.3. The van der Waals surface area contributed by atoms with Crippen LogP contribution >= 0.6 is 11.3 Å². The Bertz CT molecular complexity index is 3770. The van der Waals surface area contributed by atoms with Gasteiger partial charge in [-0.3, -0.25) is 0 Å². The van der Waals surface area contributed by atoms with Gasteiger partial charge in [0.05, 0.1) is 22.1 Å². The Morgan fingerprint density at radius 1 is 0.297 bits per heavy atom. The Kier molecular flexibility index (Phi) is 8.45. The maximum Gasteiger partial charge on any atom is 0.179 e. The van der Waals surface area contributed by atoms with E-state index < -0.39 is 8.07 Å². The fraction of sp³-hybridized carbons (Fsp3) is 0. The number of fused-ring (bicyclic) bond motifs is 10. The maximum absolute atomic E-state index is 2.67. The Labute approximate surface area is 376 Å². The monoisotopic (exact) mass is 848 g/mol. The van der Waals surface area contributed by atoms with E-state index in [1.165, 1.54) is 95.7 Å². The van der Waals surface area contributed by atoms with Crippen molar-refractivity contribution in [1.29, 1.82) is 0 Å². The average molecular weight is 849 g/mol. The van der Waals surface area contributed by atoms with E-state index in [4.69, 9.17) is 0 Å². The number of rotatable bonds is 7. The third kappa shape index (κ3) is 5.43. The van der Waals surface area contributed by atoms with Crippen molar-refractivity contribution in [2.45, 2.75) is 0 Å². The molecule has 13 aromatic rings.